The number of hydrogen-bond donors (Lipinski definition) is 1. The minimum Gasteiger partial charge on any atom is -0.337 e. The van der Waals surface area contributed by atoms with Crippen molar-refractivity contribution in [1.82, 2.24) is 14.7 Å². The Kier molecular flexibility index (Phi) is 6.56. The van der Waals surface area contributed by atoms with E-state index in [1.807, 2.05) is 18.7 Å². The number of nitrogens with zero attached hydrogens (tertiary/aromatic N) is 3. The van der Waals surface area contributed by atoms with Crippen LogP contribution in [0.25, 0.3) is 5.69 Å². The Hall–Kier alpha value is -2.91. The molecule has 1 saturated heterocycles. The largest absolute Gasteiger partial charge is 0.337 e. The van der Waals surface area contributed by atoms with Gasteiger partial charge in [-0.05, 0) is 87.1 Å². The number of amides is 1. The van der Waals surface area contributed by atoms with E-state index >= 15 is 0 Å². The zero-order valence-electron chi connectivity index (χ0n) is 21.3. The lowest BCUT2D eigenvalue weighted by atomic mass is 9.66. The van der Waals surface area contributed by atoms with Crippen LogP contribution in [0.1, 0.15) is 66.3 Å². The molecule has 2 heterocycles. The summed E-state index contributed by atoms with van der Waals surface area (Å²) in [6, 6.07) is 13.4. The summed E-state index contributed by atoms with van der Waals surface area (Å²) >= 11 is 0. The molecule has 5 rings (SSSR count). The van der Waals surface area contributed by atoms with Gasteiger partial charge < -0.3 is 4.90 Å². The molecule has 1 amide bonds. The lowest BCUT2D eigenvalue weighted by molar-refractivity contribution is 0.0516. The first-order valence-electron chi connectivity index (χ1n) is 12.6. The molecule has 1 aliphatic carbocycles. The number of aryl methyl sites for hydroxylation is 1. The summed E-state index contributed by atoms with van der Waals surface area (Å²) < 4.78 is 40.8. The molecule has 1 unspecified atom stereocenters. The van der Waals surface area contributed by atoms with E-state index in [4.69, 9.17) is 5.14 Å². The molecule has 37 heavy (non-hydrogen) atoms. The Morgan fingerprint density at radius 3 is 2.54 bits per heavy atom. The summed E-state index contributed by atoms with van der Waals surface area (Å²) in [5.41, 5.74) is 3.53. The van der Waals surface area contributed by atoms with E-state index in [0.717, 1.165) is 25.3 Å². The van der Waals surface area contributed by atoms with E-state index in [1.165, 1.54) is 27.9 Å². The van der Waals surface area contributed by atoms with Crippen LogP contribution in [0.2, 0.25) is 0 Å². The first kappa shape index (κ1) is 25.7. The first-order valence-corrected chi connectivity index (χ1v) is 13.8. The van der Waals surface area contributed by atoms with Gasteiger partial charge in [0.1, 0.15) is 11.5 Å². The fourth-order valence-electron chi connectivity index (χ4n) is 6.09. The predicted octanol–water partition coefficient (Wildman–Crippen LogP) is 4.81. The molecule has 1 fully saturated rings. The molecule has 1 aliphatic heterocycles. The summed E-state index contributed by atoms with van der Waals surface area (Å²) in [5.74, 6) is -1.39. The molecule has 2 atom stereocenters. The molecule has 0 saturated carbocycles. The number of likely N-dealkylation sites (tertiary alicyclic amines) is 1. The normalized spacial score (nSPS) is 19.7. The van der Waals surface area contributed by atoms with E-state index in [9.17, 15) is 17.8 Å². The topological polar surface area (TPSA) is 81.2 Å². The van der Waals surface area contributed by atoms with Crippen molar-refractivity contribution in [3.05, 3.63) is 82.7 Å². The average Bonchev–Trinajstić information content (AvgIpc) is 3.37. The van der Waals surface area contributed by atoms with Crippen molar-refractivity contribution in [1.29, 1.82) is 0 Å². The van der Waals surface area contributed by atoms with Crippen LogP contribution < -0.4 is 5.14 Å². The molecule has 6 nitrogen and oxygen atoms in total. The number of halogens is 2. The summed E-state index contributed by atoms with van der Waals surface area (Å²) in [7, 11) is -1.45. The van der Waals surface area contributed by atoms with Gasteiger partial charge in [-0.25, -0.2) is 17.7 Å². The number of fused-ring (bicyclic) bond motifs is 1. The highest BCUT2D eigenvalue weighted by molar-refractivity contribution is 7.84. The van der Waals surface area contributed by atoms with E-state index in [0.29, 0.717) is 25.2 Å². The number of aromatic nitrogens is 2. The Morgan fingerprint density at radius 2 is 1.86 bits per heavy atom. The highest BCUT2D eigenvalue weighted by atomic mass is 32.2. The van der Waals surface area contributed by atoms with E-state index in [1.54, 1.807) is 13.0 Å². The number of piperidine rings is 1. The second-order valence-electron chi connectivity index (χ2n) is 11.0. The van der Waals surface area contributed by atoms with E-state index in [-0.39, 0.29) is 28.6 Å². The van der Waals surface area contributed by atoms with Gasteiger partial charge in [-0.1, -0.05) is 24.3 Å². The van der Waals surface area contributed by atoms with Crippen molar-refractivity contribution >= 4 is 16.9 Å². The van der Waals surface area contributed by atoms with Crippen LogP contribution in [0.4, 0.5) is 8.78 Å². The first-order chi connectivity index (χ1) is 17.5. The Balaban J connectivity index is 1.36. The van der Waals surface area contributed by atoms with E-state index in [2.05, 4.69) is 29.4 Å². The van der Waals surface area contributed by atoms with Gasteiger partial charge >= 0.3 is 0 Å². The number of nitrogens with two attached hydrogens (primary N) is 1. The van der Waals surface area contributed by atoms with Crippen LogP contribution in [0.5, 0.6) is 0 Å². The summed E-state index contributed by atoms with van der Waals surface area (Å²) in [6.45, 7) is 6.80. The van der Waals surface area contributed by atoms with Crippen LogP contribution in [0.15, 0.2) is 48.5 Å². The second-order valence-corrected chi connectivity index (χ2v) is 12.7. The lowest BCUT2D eigenvalue weighted by Gasteiger charge is -2.45. The standard InChI is InChI=1S/C28H32F2N4O2S/c1-18-14-24(32-34(18)25-9-8-20(29)15-23(25)30)26(35)33-12-10-28(11-13-33)16-19-6-4-5-7-21(19)22(28)17-27(2,3)37(31)36/h4-9,14-15,22H,10-13,16-17,31H2,1-3H3/t22-,37?/m1/s1. The maximum atomic E-state index is 14.3. The molecule has 1 spiro atoms. The van der Waals surface area contributed by atoms with E-state index < -0.39 is 27.4 Å². The fourth-order valence-corrected chi connectivity index (χ4v) is 6.42. The molecule has 2 N–H and O–H groups in total. The Bertz CT molecular complexity index is 1380. The smallest absolute Gasteiger partial charge is 0.274 e. The third kappa shape index (κ3) is 4.63. The molecule has 3 aromatic rings. The monoisotopic (exact) mass is 526 g/mol. The molecular weight excluding hydrogens is 494 g/mol. The van der Waals surface area contributed by atoms with Crippen LogP contribution >= 0.6 is 0 Å². The summed E-state index contributed by atoms with van der Waals surface area (Å²) in [4.78, 5) is 15.2. The Labute approximate surface area is 218 Å². The average molecular weight is 527 g/mol. The number of carbonyl (C=O) groups excluding carboxylic acids is 1. The molecule has 9 heteroatoms. The van der Waals surface area contributed by atoms with Crippen LogP contribution in [-0.4, -0.2) is 42.6 Å². The third-order valence-corrected chi connectivity index (χ3v) is 9.50. The Morgan fingerprint density at radius 1 is 1.16 bits per heavy atom. The van der Waals surface area contributed by atoms with Gasteiger partial charge in [0.15, 0.2) is 11.5 Å². The van der Waals surface area contributed by atoms with Gasteiger partial charge in [0, 0.05) is 24.8 Å². The van der Waals surface area contributed by atoms with Crippen molar-refractivity contribution in [3.8, 4) is 5.69 Å². The SMILES string of the molecule is Cc1cc(C(=O)N2CCC3(CC2)Cc2ccccc2[C@H]3CC(C)(C)S(N)=O)nn1-c1ccc(F)cc1F. The molecular formula is C28H32F2N4O2S. The highest BCUT2D eigenvalue weighted by Crippen LogP contribution is 2.56. The zero-order valence-corrected chi connectivity index (χ0v) is 22.2. The highest BCUT2D eigenvalue weighted by Gasteiger charge is 2.50. The molecule has 2 aromatic carbocycles. The minimum absolute atomic E-state index is 0.0242. The van der Waals surface area contributed by atoms with Gasteiger partial charge in [0.05, 0.1) is 15.7 Å². The molecule has 0 bridgehead atoms. The van der Waals surface area contributed by atoms with Crippen LogP contribution in [-0.2, 0) is 17.4 Å². The maximum Gasteiger partial charge on any atom is 0.274 e. The number of rotatable bonds is 5. The summed E-state index contributed by atoms with van der Waals surface area (Å²) in [5, 5.41) is 10.2. The molecule has 0 radical (unpaired) electrons. The zero-order chi connectivity index (χ0) is 26.5. The minimum atomic E-state index is -1.45. The number of carbonyl (C=O) groups is 1. The predicted molar refractivity (Wildman–Crippen MR) is 140 cm³/mol. The number of benzene rings is 2. The molecule has 196 valence electrons. The van der Waals surface area contributed by atoms with Gasteiger partial charge in [0.25, 0.3) is 5.91 Å². The van der Waals surface area contributed by atoms with Gasteiger partial charge in [-0.2, -0.15) is 5.10 Å². The van der Waals surface area contributed by atoms with Gasteiger partial charge in [-0.15, -0.1) is 0 Å². The third-order valence-electron chi connectivity index (χ3n) is 8.24. The summed E-state index contributed by atoms with van der Waals surface area (Å²) in [6.07, 6.45) is 3.28. The number of hydrogen-bond acceptors (Lipinski definition) is 3. The van der Waals surface area contributed by atoms with Gasteiger partial charge in [-0.3, -0.25) is 9.93 Å². The van der Waals surface area contributed by atoms with Crippen molar-refractivity contribution in [2.45, 2.75) is 57.1 Å². The second kappa shape index (κ2) is 9.44. The van der Waals surface area contributed by atoms with Crippen LogP contribution in [0.3, 0.4) is 0 Å². The van der Waals surface area contributed by atoms with Crippen molar-refractivity contribution in [2.24, 2.45) is 10.6 Å². The van der Waals surface area contributed by atoms with Crippen LogP contribution in [0, 0.1) is 24.0 Å². The lowest BCUT2D eigenvalue weighted by Crippen LogP contribution is -2.46. The van der Waals surface area contributed by atoms with Crippen molar-refractivity contribution in [3.63, 3.8) is 0 Å². The molecule has 2 aliphatic rings. The molecule has 1 aromatic heterocycles. The van der Waals surface area contributed by atoms with Crippen molar-refractivity contribution in [2.75, 3.05) is 13.1 Å². The quantitative estimate of drug-likeness (QED) is 0.518. The van der Waals surface area contributed by atoms with Crippen molar-refractivity contribution < 1.29 is 17.8 Å². The maximum absolute atomic E-state index is 14.3. The fraction of sp³-hybridized carbons (Fsp3) is 0.429. The van der Waals surface area contributed by atoms with Gasteiger partial charge in [0.2, 0.25) is 0 Å².